The van der Waals surface area contributed by atoms with Gasteiger partial charge in [0.2, 0.25) is 33.7 Å². The highest BCUT2D eigenvalue weighted by atomic mass is 32.2. The zero-order valence-electron chi connectivity index (χ0n) is 23.4. The van der Waals surface area contributed by atoms with Crippen LogP contribution in [-0.2, 0) is 58.4 Å². The van der Waals surface area contributed by atoms with E-state index in [1.54, 1.807) is 4.72 Å². The molecule has 0 spiro atoms. The van der Waals surface area contributed by atoms with E-state index in [1.165, 1.54) is 6.92 Å². The van der Waals surface area contributed by atoms with Gasteiger partial charge in [-0.1, -0.05) is 0 Å². The maximum Gasteiger partial charge on any atom is 0.326 e. The monoisotopic (exact) mass is 662 g/mol. The molecule has 0 aromatic heterocycles. The number of carboxylic acids is 2. The first-order valence-corrected chi connectivity index (χ1v) is 16.1. The third-order valence-corrected chi connectivity index (χ3v) is 7.28. The van der Waals surface area contributed by atoms with E-state index in [4.69, 9.17) is 19.1 Å². The van der Waals surface area contributed by atoms with E-state index in [1.807, 2.05) is 0 Å². The number of carbonyl (C=O) groups excluding carboxylic acids is 4. The van der Waals surface area contributed by atoms with Crippen molar-refractivity contribution in [3.63, 3.8) is 0 Å². The molecule has 7 N–H and O–H groups in total. The van der Waals surface area contributed by atoms with Crippen LogP contribution in [0.2, 0.25) is 0 Å². The summed E-state index contributed by atoms with van der Waals surface area (Å²) in [6.07, 6.45) is -1.57. The van der Waals surface area contributed by atoms with Crippen LogP contribution in [0, 0.1) is 0 Å². The van der Waals surface area contributed by atoms with Crippen LogP contribution in [-0.4, -0.2) is 124 Å². The quantitative estimate of drug-likeness (QED) is 0.0399. The van der Waals surface area contributed by atoms with Gasteiger partial charge >= 0.3 is 11.9 Å². The Morgan fingerprint density at radius 3 is 1.93 bits per heavy atom. The molecule has 0 aliphatic carbocycles. The van der Waals surface area contributed by atoms with E-state index in [-0.39, 0.29) is 58.5 Å². The molecule has 248 valence electrons. The van der Waals surface area contributed by atoms with Crippen molar-refractivity contribution in [3.8, 4) is 0 Å². The zero-order valence-corrected chi connectivity index (χ0v) is 25.0. The molecule has 0 bridgehead atoms. The second-order valence-electron chi connectivity index (χ2n) is 8.98. The normalized spacial score (nSPS) is 12.9. The zero-order chi connectivity index (χ0) is 33.1. The highest BCUT2D eigenvalue weighted by Gasteiger charge is 2.22. The molecule has 21 heteroatoms. The molecule has 1 unspecified atom stereocenters. The van der Waals surface area contributed by atoms with Gasteiger partial charge in [0, 0.05) is 25.8 Å². The van der Waals surface area contributed by atoms with Gasteiger partial charge in [-0.3, -0.25) is 33.2 Å². The van der Waals surface area contributed by atoms with Crippen LogP contribution >= 0.6 is 0 Å². The second kappa shape index (κ2) is 20.5. The molecule has 0 rings (SSSR count). The smallest absolute Gasteiger partial charge is 0.326 e. The molecule has 0 saturated heterocycles. The summed E-state index contributed by atoms with van der Waals surface area (Å²) in [5, 5.41) is 24.8. The molecule has 0 aromatic rings. The number of ether oxygens (including phenoxy) is 2. The molecule has 19 nitrogen and oxygen atoms in total. The molecule has 4 amide bonds. The topological polar surface area (TPSA) is 298 Å². The molecule has 0 radical (unpaired) electrons. The van der Waals surface area contributed by atoms with Crippen LogP contribution in [0.1, 0.15) is 45.4 Å². The molecule has 0 aliphatic heterocycles. The van der Waals surface area contributed by atoms with E-state index < -0.39 is 92.3 Å². The Balaban J connectivity index is 4.00. The first kappa shape index (κ1) is 39.6. The molecule has 0 heterocycles. The number of amides is 4. The fraction of sp³-hybridized carbons (Fsp3) is 0.727. The van der Waals surface area contributed by atoms with Crippen molar-refractivity contribution < 1.29 is 69.8 Å². The van der Waals surface area contributed by atoms with Gasteiger partial charge in [0.25, 0.3) is 10.1 Å². The van der Waals surface area contributed by atoms with Gasteiger partial charge < -0.3 is 35.6 Å². The van der Waals surface area contributed by atoms with Crippen molar-refractivity contribution in [2.24, 2.45) is 0 Å². The van der Waals surface area contributed by atoms with Crippen LogP contribution in [0.3, 0.4) is 0 Å². The van der Waals surface area contributed by atoms with Crippen molar-refractivity contribution in [3.05, 3.63) is 0 Å². The summed E-state index contributed by atoms with van der Waals surface area (Å²) in [5.74, 6) is -6.74. The van der Waals surface area contributed by atoms with Crippen molar-refractivity contribution in [2.75, 3.05) is 44.5 Å². The fourth-order valence-electron chi connectivity index (χ4n) is 2.99. The average molecular weight is 663 g/mol. The fourth-order valence-corrected chi connectivity index (χ4v) is 4.58. The molecule has 0 aromatic carbocycles. The summed E-state index contributed by atoms with van der Waals surface area (Å²) in [6.45, 7) is 0.854. The van der Waals surface area contributed by atoms with Crippen molar-refractivity contribution in [1.29, 1.82) is 0 Å². The number of nitrogens with one attached hydrogen (secondary N) is 4. The molecular formula is C22H38N4O15S2. The number of carboxylic acid groups (broad SMARTS) is 2. The van der Waals surface area contributed by atoms with Crippen molar-refractivity contribution >= 4 is 55.7 Å². The van der Waals surface area contributed by atoms with E-state index in [9.17, 15) is 50.7 Å². The standard InChI is InChI=1S/C22H38N4O15S2/c1-15(21(31)32)24-18(28)7-6-16(22(33)34)25-20(30)14-41-11-10-40-9-8-23-17(27)4-2-12-42(35,36)26-19(29)5-3-13-43(37,38)39/h15-16H,2-14H2,1H3,(H,23,27)(H,24,28)(H,25,30)(H,26,29)(H,31,32)(H,33,34)(H,37,38,39)/t15?,16-/m0/s1. The van der Waals surface area contributed by atoms with Gasteiger partial charge in [-0.05, 0) is 26.2 Å². The number of hydrogen-bond donors (Lipinski definition) is 7. The highest BCUT2D eigenvalue weighted by Crippen LogP contribution is 2.00. The van der Waals surface area contributed by atoms with Gasteiger partial charge in [-0.25, -0.2) is 13.2 Å². The van der Waals surface area contributed by atoms with Crippen LogP contribution in [0.4, 0.5) is 0 Å². The number of rotatable bonds is 24. The Labute approximate surface area is 248 Å². The minimum absolute atomic E-state index is 0.0234. The van der Waals surface area contributed by atoms with E-state index in [0.29, 0.717) is 0 Å². The third-order valence-electron chi connectivity index (χ3n) is 5.11. The van der Waals surface area contributed by atoms with Gasteiger partial charge in [-0.2, -0.15) is 8.42 Å². The van der Waals surface area contributed by atoms with Gasteiger partial charge in [0.15, 0.2) is 0 Å². The van der Waals surface area contributed by atoms with E-state index in [0.717, 1.165) is 0 Å². The molecular weight excluding hydrogens is 624 g/mol. The van der Waals surface area contributed by atoms with Crippen LogP contribution in [0.15, 0.2) is 0 Å². The molecule has 2 atom stereocenters. The van der Waals surface area contributed by atoms with Gasteiger partial charge in [-0.15, -0.1) is 0 Å². The Bertz CT molecular complexity index is 1180. The largest absolute Gasteiger partial charge is 0.480 e. The Morgan fingerprint density at radius 1 is 0.721 bits per heavy atom. The lowest BCUT2D eigenvalue weighted by Gasteiger charge is -2.15. The van der Waals surface area contributed by atoms with Crippen molar-refractivity contribution in [1.82, 2.24) is 20.7 Å². The summed E-state index contributed by atoms with van der Waals surface area (Å²) in [6, 6.07) is -2.55. The van der Waals surface area contributed by atoms with E-state index >= 15 is 0 Å². The van der Waals surface area contributed by atoms with Crippen molar-refractivity contribution in [2.45, 2.75) is 57.5 Å². The predicted molar refractivity (Wildman–Crippen MR) is 146 cm³/mol. The Morgan fingerprint density at radius 2 is 1.33 bits per heavy atom. The second-order valence-corrected chi connectivity index (χ2v) is 12.4. The number of carbonyl (C=O) groups is 6. The number of hydrogen-bond acceptors (Lipinski definition) is 12. The first-order chi connectivity index (χ1) is 19.9. The maximum atomic E-state index is 11.9. The summed E-state index contributed by atoms with van der Waals surface area (Å²) >= 11 is 0. The lowest BCUT2D eigenvalue weighted by atomic mass is 10.1. The van der Waals surface area contributed by atoms with Crippen LogP contribution in [0.5, 0.6) is 0 Å². The van der Waals surface area contributed by atoms with Crippen LogP contribution < -0.4 is 20.7 Å². The van der Waals surface area contributed by atoms with Gasteiger partial charge in [0.05, 0.1) is 31.3 Å². The first-order valence-electron chi connectivity index (χ1n) is 12.9. The Kier molecular flexibility index (Phi) is 18.9. The highest BCUT2D eigenvalue weighted by molar-refractivity contribution is 7.90. The predicted octanol–water partition coefficient (Wildman–Crippen LogP) is -3.03. The summed E-state index contributed by atoms with van der Waals surface area (Å²) in [4.78, 5) is 69.0. The molecule has 0 saturated carbocycles. The lowest BCUT2D eigenvalue weighted by Crippen LogP contribution is -2.44. The molecule has 43 heavy (non-hydrogen) atoms. The van der Waals surface area contributed by atoms with Crippen LogP contribution in [0.25, 0.3) is 0 Å². The molecule has 0 aliphatic rings. The average Bonchev–Trinajstić information content (AvgIpc) is 2.86. The number of sulfonamides is 1. The molecule has 0 fully saturated rings. The summed E-state index contributed by atoms with van der Waals surface area (Å²) in [7, 11) is -8.29. The SMILES string of the molecule is CC(NC(=O)CC[C@H](NC(=O)COCCOCCNC(=O)CCCS(=O)(=O)NC(=O)CCCS(=O)(=O)O)C(=O)O)C(=O)O. The minimum atomic E-state index is -4.26. The minimum Gasteiger partial charge on any atom is -0.480 e. The lowest BCUT2D eigenvalue weighted by molar-refractivity contribution is -0.143. The Hall–Kier alpha value is -3.40. The summed E-state index contributed by atoms with van der Waals surface area (Å²) in [5.41, 5.74) is 0. The van der Waals surface area contributed by atoms with Gasteiger partial charge in [0.1, 0.15) is 18.7 Å². The summed E-state index contributed by atoms with van der Waals surface area (Å²) < 4.78 is 65.5. The third kappa shape index (κ3) is 22.8. The number of aliphatic carboxylic acids is 2. The van der Waals surface area contributed by atoms with E-state index in [2.05, 4.69) is 16.0 Å². The maximum absolute atomic E-state index is 11.9.